The molecular formula is C20H26N4O. The van der Waals surface area contributed by atoms with Gasteiger partial charge >= 0.3 is 6.03 Å². The summed E-state index contributed by atoms with van der Waals surface area (Å²) in [6.07, 6.45) is 0. The molecule has 0 spiro atoms. The molecule has 0 radical (unpaired) electrons. The van der Waals surface area contributed by atoms with E-state index in [1.54, 1.807) is 0 Å². The Labute approximate surface area is 149 Å². The van der Waals surface area contributed by atoms with Gasteiger partial charge in [0.2, 0.25) is 0 Å². The maximum atomic E-state index is 11.9. The van der Waals surface area contributed by atoms with E-state index in [1.165, 1.54) is 5.56 Å². The van der Waals surface area contributed by atoms with Gasteiger partial charge in [-0.25, -0.2) is 4.79 Å². The minimum absolute atomic E-state index is 0.145. The predicted molar refractivity (Wildman–Crippen MR) is 102 cm³/mol. The van der Waals surface area contributed by atoms with E-state index in [-0.39, 0.29) is 6.03 Å². The second kappa shape index (κ2) is 9.20. The first-order valence-electron chi connectivity index (χ1n) is 8.88. The third kappa shape index (κ3) is 5.89. The van der Waals surface area contributed by atoms with Gasteiger partial charge in [-0.1, -0.05) is 48.5 Å². The number of carbonyl (C=O) groups excluding carboxylic acids is 1. The van der Waals surface area contributed by atoms with Crippen molar-refractivity contribution in [3.63, 3.8) is 0 Å². The van der Waals surface area contributed by atoms with E-state index in [0.717, 1.165) is 45.0 Å². The molecule has 0 saturated carbocycles. The summed E-state index contributed by atoms with van der Waals surface area (Å²) < 4.78 is 0. The number of carbonyl (C=O) groups is 1. The van der Waals surface area contributed by atoms with Crippen LogP contribution >= 0.6 is 0 Å². The van der Waals surface area contributed by atoms with Crippen LogP contribution < -0.4 is 10.6 Å². The van der Waals surface area contributed by atoms with Gasteiger partial charge in [0, 0.05) is 51.5 Å². The minimum Gasteiger partial charge on any atom is -0.337 e. The van der Waals surface area contributed by atoms with E-state index in [9.17, 15) is 4.79 Å². The topological polar surface area (TPSA) is 47.6 Å². The summed E-state index contributed by atoms with van der Waals surface area (Å²) in [7, 11) is 0. The smallest absolute Gasteiger partial charge is 0.319 e. The number of benzene rings is 2. The van der Waals surface area contributed by atoms with Crippen molar-refractivity contribution in [3.05, 3.63) is 66.2 Å². The summed E-state index contributed by atoms with van der Waals surface area (Å²) in [6.45, 7) is 6.82. The molecular weight excluding hydrogens is 312 g/mol. The Morgan fingerprint density at radius 1 is 0.840 bits per heavy atom. The molecule has 1 heterocycles. The third-order valence-electron chi connectivity index (χ3n) is 4.46. The Bertz CT molecular complexity index is 639. The van der Waals surface area contributed by atoms with E-state index in [2.05, 4.69) is 50.8 Å². The molecule has 0 bridgehead atoms. The molecule has 2 aromatic carbocycles. The summed E-state index contributed by atoms with van der Waals surface area (Å²) in [5.74, 6) is 0. The fourth-order valence-electron chi connectivity index (χ4n) is 3.04. The Hall–Kier alpha value is -2.37. The van der Waals surface area contributed by atoms with Crippen LogP contribution in [0, 0.1) is 0 Å². The number of amides is 2. The Balaban J connectivity index is 1.31. The Kier molecular flexibility index (Phi) is 6.42. The standard InChI is InChI=1S/C20H26N4O/c25-20(22-19-9-5-2-6-10-19)21-11-12-23-13-15-24(16-14-23)17-18-7-3-1-4-8-18/h1-10H,11-17H2,(H2,21,22,25). The molecule has 0 aliphatic carbocycles. The maximum absolute atomic E-state index is 11.9. The molecule has 1 aliphatic heterocycles. The number of hydrogen-bond donors (Lipinski definition) is 2. The van der Waals surface area contributed by atoms with Crippen LogP contribution in [0.5, 0.6) is 0 Å². The van der Waals surface area contributed by atoms with Crippen molar-refractivity contribution in [1.82, 2.24) is 15.1 Å². The molecule has 1 aliphatic rings. The van der Waals surface area contributed by atoms with Gasteiger partial charge in [-0.2, -0.15) is 0 Å². The van der Waals surface area contributed by atoms with Crippen molar-refractivity contribution in [2.24, 2.45) is 0 Å². The summed E-state index contributed by atoms with van der Waals surface area (Å²) in [4.78, 5) is 16.8. The number of rotatable bonds is 6. The number of urea groups is 1. The summed E-state index contributed by atoms with van der Waals surface area (Å²) in [6, 6.07) is 20.0. The predicted octanol–water partition coefficient (Wildman–Crippen LogP) is 2.63. The number of para-hydroxylation sites is 1. The van der Waals surface area contributed by atoms with Gasteiger partial charge in [0.25, 0.3) is 0 Å². The molecule has 5 nitrogen and oxygen atoms in total. The van der Waals surface area contributed by atoms with Crippen molar-refractivity contribution >= 4 is 11.7 Å². The highest BCUT2D eigenvalue weighted by atomic mass is 16.2. The summed E-state index contributed by atoms with van der Waals surface area (Å²) >= 11 is 0. The van der Waals surface area contributed by atoms with Crippen LogP contribution in [0.2, 0.25) is 0 Å². The zero-order chi connectivity index (χ0) is 17.3. The van der Waals surface area contributed by atoms with Crippen molar-refractivity contribution in [1.29, 1.82) is 0 Å². The van der Waals surface area contributed by atoms with Gasteiger partial charge in [0.15, 0.2) is 0 Å². The first-order valence-corrected chi connectivity index (χ1v) is 8.88. The fraction of sp³-hybridized carbons (Fsp3) is 0.350. The summed E-state index contributed by atoms with van der Waals surface area (Å²) in [5, 5.41) is 5.76. The molecule has 2 N–H and O–H groups in total. The number of anilines is 1. The zero-order valence-electron chi connectivity index (χ0n) is 14.5. The number of piperazine rings is 1. The van der Waals surface area contributed by atoms with E-state index in [4.69, 9.17) is 0 Å². The van der Waals surface area contributed by atoms with Gasteiger partial charge in [-0.3, -0.25) is 9.80 Å². The highest BCUT2D eigenvalue weighted by molar-refractivity contribution is 5.89. The molecule has 3 rings (SSSR count). The van der Waals surface area contributed by atoms with Gasteiger partial charge in [0.05, 0.1) is 0 Å². The highest BCUT2D eigenvalue weighted by Crippen LogP contribution is 2.08. The third-order valence-corrected chi connectivity index (χ3v) is 4.46. The molecule has 5 heteroatoms. The van der Waals surface area contributed by atoms with Crippen LogP contribution in [-0.2, 0) is 6.54 Å². The van der Waals surface area contributed by atoms with E-state index < -0.39 is 0 Å². The molecule has 2 amide bonds. The largest absolute Gasteiger partial charge is 0.337 e. The second-order valence-electron chi connectivity index (χ2n) is 6.35. The molecule has 1 saturated heterocycles. The first kappa shape index (κ1) is 17.5. The lowest BCUT2D eigenvalue weighted by atomic mass is 10.2. The maximum Gasteiger partial charge on any atom is 0.319 e. The van der Waals surface area contributed by atoms with Crippen molar-refractivity contribution in [2.45, 2.75) is 6.54 Å². The molecule has 2 aromatic rings. The molecule has 0 atom stereocenters. The molecule has 25 heavy (non-hydrogen) atoms. The van der Waals surface area contributed by atoms with Crippen LogP contribution in [0.1, 0.15) is 5.56 Å². The van der Waals surface area contributed by atoms with Gasteiger partial charge in [-0.05, 0) is 17.7 Å². The number of nitrogens with one attached hydrogen (secondary N) is 2. The van der Waals surface area contributed by atoms with Gasteiger partial charge in [0.1, 0.15) is 0 Å². The van der Waals surface area contributed by atoms with Crippen LogP contribution in [0.15, 0.2) is 60.7 Å². The molecule has 132 valence electrons. The second-order valence-corrected chi connectivity index (χ2v) is 6.35. The normalized spacial score (nSPS) is 15.7. The number of nitrogens with zero attached hydrogens (tertiary/aromatic N) is 2. The molecule has 0 aromatic heterocycles. The average Bonchev–Trinajstić information content (AvgIpc) is 2.65. The molecule has 1 fully saturated rings. The van der Waals surface area contributed by atoms with Crippen LogP contribution in [-0.4, -0.2) is 55.1 Å². The van der Waals surface area contributed by atoms with Crippen molar-refractivity contribution < 1.29 is 4.79 Å². The minimum atomic E-state index is -0.145. The van der Waals surface area contributed by atoms with Crippen LogP contribution in [0.3, 0.4) is 0 Å². The van der Waals surface area contributed by atoms with E-state index in [1.807, 2.05) is 30.3 Å². The first-order chi connectivity index (χ1) is 12.3. The zero-order valence-corrected chi connectivity index (χ0v) is 14.5. The summed E-state index contributed by atoms with van der Waals surface area (Å²) in [5.41, 5.74) is 2.18. The monoisotopic (exact) mass is 338 g/mol. The lowest BCUT2D eigenvalue weighted by Gasteiger charge is -2.34. The van der Waals surface area contributed by atoms with Crippen LogP contribution in [0.4, 0.5) is 10.5 Å². The van der Waals surface area contributed by atoms with E-state index >= 15 is 0 Å². The van der Waals surface area contributed by atoms with Gasteiger partial charge in [-0.15, -0.1) is 0 Å². The van der Waals surface area contributed by atoms with Crippen molar-refractivity contribution in [3.8, 4) is 0 Å². The van der Waals surface area contributed by atoms with Crippen molar-refractivity contribution in [2.75, 3.05) is 44.6 Å². The fourth-order valence-corrected chi connectivity index (χ4v) is 3.04. The Morgan fingerprint density at radius 2 is 1.44 bits per heavy atom. The Morgan fingerprint density at radius 3 is 2.12 bits per heavy atom. The van der Waals surface area contributed by atoms with Crippen LogP contribution in [0.25, 0.3) is 0 Å². The number of hydrogen-bond acceptors (Lipinski definition) is 3. The lowest BCUT2D eigenvalue weighted by Crippen LogP contribution is -2.48. The average molecular weight is 338 g/mol. The van der Waals surface area contributed by atoms with E-state index in [0.29, 0.717) is 6.54 Å². The van der Waals surface area contributed by atoms with Gasteiger partial charge < -0.3 is 10.6 Å². The lowest BCUT2D eigenvalue weighted by molar-refractivity contribution is 0.128. The molecule has 0 unspecified atom stereocenters. The highest BCUT2D eigenvalue weighted by Gasteiger charge is 2.16. The SMILES string of the molecule is O=C(NCCN1CCN(Cc2ccccc2)CC1)Nc1ccccc1. The quantitative estimate of drug-likeness (QED) is 0.851.